The number of nitrogens with zero attached hydrogens (tertiary/aromatic N) is 3. The van der Waals surface area contributed by atoms with Gasteiger partial charge >= 0.3 is 5.97 Å². The predicted molar refractivity (Wildman–Crippen MR) is 84.4 cm³/mol. The fourth-order valence-corrected chi connectivity index (χ4v) is 2.79. The highest BCUT2D eigenvalue weighted by Gasteiger charge is 2.41. The van der Waals surface area contributed by atoms with E-state index in [0.717, 1.165) is 5.69 Å². The number of ether oxygens (including phenoxy) is 1. The molecular weight excluding hydrogens is 298 g/mol. The molecule has 7 heteroatoms. The van der Waals surface area contributed by atoms with E-state index in [1.54, 1.807) is 13.1 Å². The lowest BCUT2D eigenvalue weighted by atomic mass is 9.92. The van der Waals surface area contributed by atoms with Crippen molar-refractivity contribution in [2.75, 3.05) is 13.2 Å². The third-order valence-corrected chi connectivity index (χ3v) is 4.08. The number of aliphatic carboxylic acids is 1. The Morgan fingerprint density at radius 3 is 2.57 bits per heavy atom. The van der Waals surface area contributed by atoms with Gasteiger partial charge in [-0.25, -0.2) is 4.79 Å². The van der Waals surface area contributed by atoms with Crippen molar-refractivity contribution in [1.29, 1.82) is 0 Å². The number of aromatic nitrogens is 2. The smallest absolute Gasteiger partial charge is 0.326 e. The number of hydrogen-bond acceptors (Lipinski definition) is 4. The lowest BCUT2D eigenvalue weighted by Crippen LogP contribution is -2.41. The summed E-state index contributed by atoms with van der Waals surface area (Å²) in [6, 6.07) is 0.891. The van der Waals surface area contributed by atoms with Gasteiger partial charge in [0.05, 0.1) is 11.8 Å². The topological polar surface area (TPSA) is 84.7 Å². The van der Waals surface area contributed by atoms with E-state index in [4.69, 9.17) is 4.74 Å². The van der Waals surface area contributed by atoms with Crippen LogP contribution in [0.2, 0.25) is 0 Å². The minimum atomic E-state index is -1.00. The Hall–Kier alpha value is -1.89. The van der Waals surface area contributed by atoms with Gasteiger partial charge in [0.25, 0.3) is 5.91 Å². The summed E-state index contributed by atoms with van der Waals surface area (Å²) in [5.74, 6) is -1.32. The quantitative estimate of drug-likeness (QED) is 0.906. The van der Waals surface area contributed by atoms with Gasteiger partial charge in [0.1, 0.15) is 11.7 Å². The molecule has 2 heterocycles. The SMILES string of the molecule is CCO[C@@H]1C[C@@H](C(=O)O)N(C(=O)c2cc(C(C)(C)C)nn2C)C1. The lowest BCUT2D eigenvalue weighted by Gasteiger charge is -2.21. The molecule has 0 saturated carbocycles. The molecule has 0 aliphatic carbocycles. The predicted octanol–water partition coefficient (Wildman–Crippen LogP) is 1.42. The van der Waals surface area contributed by atoms with Crippen molar-refractivity contribution < 1.29 is 19.4 Å². The van der Waals surface area contributed by atoms with E-state index < -0.39 is 12.0 Å². The van der Waals surface area contributed by atoms with Gasteiger partial charge in [-0.3, -0.25) is 9.48 Å². The maximum absolute atomic E-state index is 12.8. The zero-order chi connectivity index (χ0) is 17.4. The average Bonchev–Trinajstić information content (AvgIpc) is 3.02. The third kappa shape index (κ3) is 3.55. The van der Waals surface area contributed by atoms with Crippen molar-refractivity contribution in [3.63, 3.8) is 0 Å². The molecule has 1 amide bonds. The van der Waals surface area contributed by atoms with Crippen molar-refractivity contribution in [2.45, 2.75) is 51.7 Å². The zero-order valence-corrected chi connectivity index (χ0v) is 14.4. The van der Waals surface area contributed by atoms with E-state index in [-0.39, 0.29) is 17.4 Å². The van der Waals surface area contributed by atoms with Crippen LogP contribution in [0.25, 0.3) is 0 Å². The fraction of sp³-hybridized carbons (Fsp3) is 0.688. The number of aryl methyl sites for hydroxylation is 1. The molecule has 7 nitrogen and oxygen atoms in total. The standard InChI is InChI=1S/C16H25N3O4/c1-6-23-10-7-12(15(21)22)19(9-10)14(20)11-8-13(16(2,3)4)17-18(11)5/h8,10,12H,6-7,9H2,1-5H3,(H,21,22)/t10-,12+/m1/s1. The number of carboxylic acids is 1. The monoisotopic (exact) mass is 323 g/mol. The van der Waals surface area contributed by atoms with Gasteiger partial charge in [0.15, 0.2) is 0 Å². The summed E-state index contributed by atoms with van der Waals surface area (Å²) >= 11 is 0. The molecule has 0 radical (unpaired) electrons. The number of carboxylic acid groups (broad SMARTS) is 1. The second kappa shape index (κ2) is 6.31. The average molecular weight is 323 g/mol. The molecule has 1 aliphatic heterocycles. The first-order chi connectivity index (χ1) is 10.6. The molecule has 0 bridgehead atoms. The van der Waals surface area contributed by atoms with E-state index in [1.807, 2.05) is 27.7 Å². The van der Waals surface area contributed by atoms with Crippen LogP contribution in [0.15, 0.2) is 6.07 Å². The number of carbonyl (C=O) groups excluding carboxylic acids is 1. The first-order valence-corrected chi connectivity index (χ1v) is 7.85. The molecule has 1 fully saturated rings. The van der Waals surface area contributed by atoms with Crippen LogP contribution in [0.5, 0.6) is 0 Å². The Balaban J connectivity index is 2.28. The van der Waals surface area contributed by atoms with Crippen molar-refractivity contribution in [3.8, 4) is 0 Å². The molecule has 1 aromatic heterocycles. The van der Waals surface area contributed by atoms with Gasteiger partial charge in [-0.05, 0) is 13.0 Å². The Morgan fingerprint density at radius 1 is 1.43 bits per heavy atom. The molecule has 1 aromatic rings. The Kier molecular flexibility index (Phi) is 4.79. The largest absolute Gasteiger partial charge is 0.480 e. The van der Waals surface area contributed by atoms with Crippen molar-refractivity contribution in [3.05, 3.63) is 17.5 Å². The minimum absolute atomic E-state index is 0.179. The highest BCUT2D eigenvalue weighted by Crippen LogP contribution is 2.26. The zero-order valence-electron chi connectivity index (χ0n) is 14.4. The van der Waals surface area contributed by atoms with E-state index in [9.17, 15) is 14.7 Å². The number of likely N-dealkylation sites (tertiary alicyclic amines) is 1. The molecule has 0 aromatic carbocycles. The van der Waals surface area contributed by atoms with Crippen molar-refractivity contribution in [2.24, 2.45) is 7.05 Å². The highest BCUT2D eigenvalue weighted by atomic mass is 16.5. The lowest BCUT2D eigenvalue weighted by molar-refractivity contribution is -0.141. The van der Waals surface area contributed by atoms with Crippen LogP contribution in [0, 0.1) is 0 Å². The number of rotatable bonds is 4. The summed E-state index contributed by atoms with van der Waals surface area (Å²) in [4.78, 5) is 25.7. The highest BCUT2D eigenvalue weighted by molar-refractivity contribution is 5.95. The maximum Gasteiger partial charge on any atom is 0.326 e. The summed E-state index contributed by atoms with van der Waals surface area (Å²) in [5, 5.41) is 13.8. The van der Waals surface area contributed by atoms with E-state index in [1.165, 1.54) is 9.58 Å². The summed E-state index contributed by atoms with van der Waals surface area (Å²) in [7, 11) is 1.70. The van der Waals surface area contributed by atoms with Crippen molar-refractivity contribution >= 4 is 11.9 Å². The Morgan fingerprint density at radius 2 is 2.09 bits per heavy atom. The molecule has 0 unspecified atom stereocenters. The van der Waals surface area contributed by atoms with Gasteiger partial charge in [-0.2, -0.15) is 5.10 Å². The molecule has 0 spiro atoms. The van der Waals surface area contributed by atoms with E-state index >= 15 is 0 Å². The maximum atomic E-state index is 12.8. The van der Waals surface area contributed by atoms with Crippen LogP contribution in [0.3, 0.4) is 0 Å². The third-order valence-electron chi connectivity index (χ3n) is 4.08. The van der Waals surface area contributed by atoms with Crippen LogP contribution >= 0.6 is 0 Å². The second-order valence-corrected chi connectivity index (χ2v) is 6.91. The summed E-state index contributed by atoms with van der Waals surface area (Å²) in [5.41, 5.74) is 1.02. The molecule has 128 valence electrons. The van der Waals surface area contributed by atoms with Gasteiger partial charge < -0.3 is 14.7 Å². The minimum Gasteiger partial charge on any atom is -0.480 e. The first kappa shape index (κ1) is 17.5. The Labute approximate surface area is 136 Å². The molecule has 1 N–H and O–H groups in total. The number of hydrogen-bond donors (Lipinski definition) is 1. The molecule has 1 saturated heterocycles. The van der Waals surface area contributed by atoms with Crippen molar-refractivity contribution in [1.82, 2.24) is 14.7 Å². The summed E-state index contributed by atoms with van der Waals surface area (Å²) in [6.45, 7) is 8.70. The molecular formula is C16H25N3O4. The number of amides is 1. The first-order valence-electron chi connectivity index (χ1n) is 7.85. The van der Waals surface area contributed by atoms with Crippen LogP contribution in [-0.4, -0.2) is 57.0 Å². The number of carbonyl (C=O) groups is 2. The summed E-state index contributed by atoms with van der Waals surface area (Å²) < 4.78 is 7.03. The molecule has 2 rings (SSSR count). The van der Waals surface area contributed by atoms with Gasteiger partial charge in [0, 0.05) is 32.0 Å². The fourth-order valence-electron chi connectivity index (χ4n) is 2.79. The van der Waals surface area contributed by atoms with Gasteiger partial charge in [-0.15, -0.1) is 0 Å². The molecule has 2 atom stereocenters. The van der Waals surface area contributed by atoms with E-state index in [2.05, 4.69) is 5.10 Å². The second-order valence-electron chi connectivity index (χ2n) is 6.91. The van der Waals surface area contributed by atoms with Crippen LogP contribution in [0.4, 0.5) is 0 Å². The summed E-state index contributed by atoms with van der Waals surface area (Å²) in [6.07, 6.45) is 0.0826. The Bertz CT molecular complexity index is 603. The van der Waals surface area contributed by atoms with Crippen LogP contribution in [0.1, 0.15) is 50.3 Å². The van der Waals surface area contributed by atoms with Gasteiger partial charge in [-0.1, -0.05) is 20.8 Å². The van der Waals surface area contributed by atoms with Crippen LogP contribution in [-0.2, 0) is 22.0 Å². The molecule has 23 heavy (non-hydrogen) atoms. The molecule has 1 aliphatic rings. The normalized spacial score (nSPS) is 21.7. The van der Waals surface area contributed by atoms with Gasteiger partial charge in [0.2, 0.25) is 0 Å². The van der Waals surface area contributed by atoms with Crippen LogP contribution < -0.4 is 0 Å². The van der Waals surface area contributed by atoms with E-state index in [0.29, 0.717) is 25.3 Å².